The Morgan fingerprint density at radius 2 is 2.27 bits per heavy atom. The van der Waals surface area contributed by atoms with Gasteiger partial charge in [-0.25, -0.2) is 4.98 Å². The first-order valence-corrected chi connectivity index (χ1v) is 4.25. The second kappa shape index (κ2) is 4.93. The Kier molecular flexibility index (Phi) is 5.01. The minimum absolute atomic E-state index is 0. The Morgan fingerprint density at radius 1 is 1.64 bits per heavy atom. The number of hydrogen-bond donors (Lipinski definition) is 1. The largest absolute Gasteiger partial charge is 0.330 e. The van der Waals surface area contributed by atoms with Crippen molar-refractivity contribution in [2.45, 2.75) is 13.3 Å². The Balaban J connectivity index is 0.000001000. The average Bonchev–Trinajstić information content (AvgIpc) is 2.14. The van der Waals surface area contributed by atoms with Crippen molar-refractivity contribution >= 4 is 35.3 Å². The Hall–Kier alpha value is 0.170. The van der Waals surface area contributed by atoms with E-state index in [1.54, 1.807) is 0 Å². The van der Waals surface area contributed by atoms with Gasteiger partial charge < -0.3 is 5.73 Å². The molecule has 0 spiro atoms. The van der Waals surface area contributed by atoms with Crippen molar-refractivity contribution in [3.63, 3.8) is 0 Å². The molecule has 2 N–H and O–H groups in total. The van der Waals surface area contributed by atoms with Crippen LogP contribution in [0.5, 0.6) is 0 Å². The number of hydrogen-bond acceptors (Lipinski definition) is 3. The van der Waals surface area contributed by atoms with E-state index in [0.717, 1.165) is 21.5 Å². The van der Waals surface area contributed by atoms with Gasteiger partial charge in [0, 0.05) is 6.42 Å². The smallest absolute Gasteiger partial charge is 0.116 e. The molecular weight excluding hydrogens is 203 g/mol. The van der Waals surface area contributed by atoms with Gasteiger partial charge in [-0.05, 0) is 13.5 Å². The van der Waals surface area contributed by atoms with Gasteiger partial charge in [0.05, 0.1) is 10.7 Å². The predicted octanol–water partition coefficient (Wildman–Crippen LogP) is 2.03. The molecule has 64 valence electrons. The summed E-state index contributed by atoms with van der Waals surface area (Å²) in [5.41, 5.74) is 6.26. The fraction of sp³-hybridized carbons (Fsp3) is 0.500. The zero-order chi connectivity index (χ0) is 7.56. The van der Waals surface area contributed by atoms with Crippen molar-refractivity contribution in [2.24, 2.45) is 5.73 Å². The highest BCUT2D eigenvalue weighted by Gasteiger charge is 2.02. The lowest BCUT2D eigenvalue weighted by Crippen LogP contribution is -2.01. The highest BCUT2D eigenvalue weighted by atomic mass is 35.5. The van der Waals surface area contributed by atoms with Gasteiger partial charge in [-0.2, -0.15) is 0 Å². The molecule has 0 amide bonds. The second-order valence-electron chi connectivity index (χ2n) is 2.01. The standard InChI is InChI=1S/C6H9ClN2S.ClH/c1-4-6(7)10-5(9-4)2-3-8;/h2-3,8H2,1H3;1H. The zero-order valence-electron chi connectivity index (χ0n) is 6.13. The molecule has 11 heavy (non-hydrogen) atoms. The van der Waals surface area contributed by atoms with E-state index >= 15 is 0 Å². The van der Waals surface area contributed by atoms with E-state index in [-0.39, 0.29) is 12.4 Å². The van der Waals surface area contributed by atoms with Gasteiger partial charge in [-0.1, -0.05) is 11.6 Å². The highest BCUT2D eigenvalue weighted by molar-refractivity contribution is 7.16. The summed E-state index contributed by atoms with van der Waals surface area (Å²) in [6.07, 6.45) is 0.832. The molecule has 0 aliphatic heterocycles. The maximum absolute atomic E-state index is 5.78. The van der Waals surface area contributed by atoms with E-state index in [1.165, 1.54) is 11.3 Å². The molecule has 0 saturated carbocycles. The highest BCUT2D eigenvalue weighted by Crippen LogP contribution is 2.23. The van der Waals surface area contributed by atoms with E-state index in [9.17, 15) is 0 Å². The first-order valence-electron chi connectivity index (χ1n) is 3.06. The SMILES string of the molecule is Cc1nc(CCN)sc1Cl.Cl. The van der Waals surface area contributed by atoms with Crippen LogP contribution in [0, 0.1) is 6.92 Å². The maximum Gasteiger partial charge on any atom is 0.116 e. The molecule has 0 unspecified atom stereocenters. The molecule has 1 aromatic heterocycles. The van der Waals surface area contributed by atoms with Gasteiger partial charge in [0.15, 0.2) is 0 Å². The summed E-state index contributed by atoms with van der Waals surface area (Å²) in [5.74, 6) is 0. The molecule has 1 aromatic rings. The van der Waals surface area contributed by atoms with Crippen molar-refractivity contribution in [3.05, 3.63) is 15.0 Å². The van der Waals surface area contributed by atoms with Crippen molar-refractivity contribution < 1.29 is 0 Å². The van der Waals surface area contributed by atoms with Gasteiger partial charge in [-0.3, -0.25) is 0 Å². The number of aryl methyl sites for hydroxylation is 1. The van der Waals surface area contributed by atoms with Gasteiger partial charge in [-0.15, -0.1) is 23.7 Å². The van der Waals surface area contributed by atoms with E-state index in [0.29, 0.717) is 6.54 Å². The normalized spacial score (nSPS) is 9.36. The third kappa shape index (κ3) is 2.95. The number of rotatable bonds is 2. The molecule has 0 atom stereocenters. The third-order valence-corrected chi connectivity index (χ3v) is 2.65. The number of aromatic nitrogens is 1. The molecule has 0 aliphatic carbocycles. The first-order chi connectivity index (χ1) is 4.74. The number of nitrogens with two attached hydrogens (primary N) is 1. The Labute approximate surface area is 81.2 Å². The molecule has 1 heterocycles. The van der Waals surface area contributed by atoms with E-state index in [4.69, 9.17) is 17.3 Å². The van der Waals surface area contributed by atoms with Crippen molar-refractivity contribution in [1.29, 1.82) is 0 Å². The van der Waals surface area contributed by atoms with Crippen LogP contribution in [0.15, 0.2) is 0 Å². The molecular formula is C6H10Cl2N2S. The van der Waals surface area contributed by atoms with E-state index in [2.05, 4.69) is 4.98 Å². The van der Waals surface area contributed by atoms with Crippen LogP contribution < -0.4 is 5.73 Å². The Bertz CT molecular complexity index is 205. The van der Waals surface area contributed by atoms with Crippen LogP contribution in [0.2, 0.25) is 4.34 Å². The fourth-order valence-corrected chi connectivity index (χ4v) is 1.77. The predicted molar refractivity (Wildman–Crippen MR) is 51.9 cm³/mol. The van der Waals surface area contributed by atoms with E-state index < -0.39 is 0 Å². The van der Waals surface area contributed by atoms with Crippen LogP contribution in [0.1, 0.15) is 10.7 Å². The molecule has 5 heteroatoms. The summed E-state index contributed by atoms with van der Waals surface area (Å²) in [5, 5.41) is 1.03. The molecule has 0 bridgehead atoms. The maximum atomic E-state index is 5.78. The molecule has 0 fully saturated rings. The third-order valence-electron chi connectivity index (χ3n) is 1.14. The first kappa shape index (κ1) is 11.2. The summed E-state index contributed by atoms with van der Waals surface area (Å²) < 4.78 is 0.781. The molecule has 1 rings (SSSR count). The lowest BCUT2D eigenvalue weighted by Gasteiger charge is -1.85. The van der Waals surface area contributed by atoms with Gasteiger partial charge in [0.1, 0.15) is 4.34 Å². The second-order valence-corrected chi connectivity index (χ2v) is 3.69. The summed E-state index contributed by atoms with van der Waals surface area (Å²) >= 11 is 7.29. The van der Waals surface area contributed by atoms with Crippen molar-refractivity contribution in [2.75, 3.05) is 6.54 Å². The molecule has 0 aromatic carbocycles. The van der Waals surface area contributed by atoms with Crippen LogP contribution in [-0.4, -0.2) is 11.5 Å². The molecule has 0 radical (unpaired) electrons. The van der Waals surface area contributed by atoms with Gasteiger partial charge >= 0.3 is 0 Å². The molecule has 2 nitrogen and oxygen atoms in total. The fourth-order valence-electron chi connectivity index (χ4n) is 0.662. The van der Waals surface area contributed by atoms with E-state index in [1.807, 2.05) is 6.92 Å². The summed E-state index contributed by atoms with van der Waals surface area (Å²) in [4.78, 5) is 4.21. The van der Waals surface area contributed by atoms with Crippen LogP contribution in [-0.2, 0) is 6.42 Å². The Morgan fingerprint density at radius 3 is 2.64 bits per heavy atom. The topological polar surface area (TPSA) is 38.9 Å². The zero-order valence-corrected chi connectivity index (χ0v) is 8.52. The number of thiazole rings is 1. The summed E-state index contributed by atoms with van der Waals surface area (Å²) in [7, 11) is 0. The van der Waals surface area contributed by atoms with Crippen LogP contribution in [0.3, 0.4) is 0 Å². The van der Waals surface area contributed by atoms with Crippen LogP contribution in [0.25, 0.3) is 0 Å². The van der Waals surface area contributed by atoms with Gasteiger partial charge in [0.2, 0.25) is 0 Å². The van der Waals surface area contributed by atoms with Crippen molar-refractivity contribution in [3.8, 4) is 0 Å². The quantitative estimate of drug-likeness (QED) is 0.816. The number of nitrogens with zero attached hydrogens (tertiary/aromatic N) is 1. The average molecular weight is 213 g/mol. The number of halogens is 2. The molecule has 0 saturated heterocycles. The minimum atomic E-state index is 0. The monoisotopic (exact) mass is 212 g/mol. The lowest BCUT2D eigenvalue weighted by molar-refractivity contribution is 0.945. The van der Waals surface area contributed by atoms with Crippen LogP contribution >= 0.6 is 35.3 Å². The summed E-state index contributed by atoms with van der Waals surface area (Å²) in [6.45, 7) is 2.54. The van der Waals surface area contributed by atoms with Crippen molar-refractivity contribution in [1.82, 2.24) is 4.98 Å². The van der Waals surface area contributed by atoms with Crippen LogP contribution in [0.4, 0.5) is 0 Å². The lowest BCUT2D eigenvalue weighted by atomic mass is 10.4. The minimum Gasteiger partial charge on any atom is -0.330 e. The summed E-state index contributed by atoms with van der Waals surface area (Å²) in [6, 6.07) is 0. The van der Waals surface area contributed by atoms with Gasteiger partial charge in [0.25, 0.3) is 0 Å². The molecule has 0 aliphatic rings.